The van der Waals surface area contributed by atoms with Gasteiger partial charge in [-0.25, -0.2) is 4.98 Å². The Kier molecular flexibility index (Phi) is 2.96. The molecule has 2 heterocycles. The van der Waals surface area contributed by atoms with Crippen LogP contribution in [0.3, 0.4) is 0 Å². The number of imidazole rings is 1. The maximum absolute atomic E-state index is 11.1. The Labute approximate surface area is 94.6 Å². The predicted molar refractivity (Wildman–Crippen MR) is 59.0 cm³/mol. The highest BCUT2D eigenvalue weighted by Crippen LogP contribution is 2.23. The number of hydrogen-bond donors (Lipinski definition) is 1. The number of nitrogens with two attached hydrogens (primary N) is 1. The molecule has 0 bridgehead atoms. The number of hydrogen-bond acceptors (Lipinski definition) is 4. The number of esters is 1. The average Bonchev–Trinajstić information content (AvgIpc) is 2.67. The van der Waals surface area contributed by atoms with Gasteiger partial charge in [-0.3, -0.25) is 4.79 Å². The molecular weight excluding hydrogens is 206 g/mol. The molecule has 0 spiro atoms. The SMILES string of the molecule is COC(=O)Cc1cn2c(n1)CCC(N)C2C. The van der Waals surface area contributed by atoms with Crippen LogP contribution in [0.15, 0.2) is 6.20 Å². The molecule has 1 aliphatic heterocycles. The highest BCUT2D eigenvalue weighted by molar-refractivity contribution is 5.71. The van der Waals surface area contributed by atoms with Gasteiger partial charge in [0.25, 0.3) is 0 Å². The van der Waals surface area contributed by atoms with E-state index in [1.54, 1.807) is 0 Å². The zero-order valence-electron chi connectivity index (χ0n) is 9.64. The Morgan fingerprint density at radius 3 is 3.19 bits per heavy atom. The van der Waals surface area contributed by atoms with Gasteiger partial charge < -0.3 is 15.0 Å². The first-order valence-electron chi connectivity index (χ1n) is 5.51. The number of carbonyl (C=O) groups is 1. The Bertz CT molecular complexity index is 400. The molecule has 5 nitrogen and oxygen atoms in total. The molecule has 0 aromatic carbocycles. The van der Waals surface area contributed by atoms with Crippen molar-refractivity contribution in [3.63, 3.8) is 0 Å². The average molecular weight is 223 g/mol. The zero-order chi connectivity index (χ0) is 11.7. The van der Waals surface area contributed by atoms with Gasteiger partial charge in [-0.15, -0.1) is 0 Å². The van der Waals surface area contributed by atoms with E-state index in [9.17, 15) is 4.79 Å². The Balaban J connectivity index is 2.20. The summed E-state index contributed by atoms with van der Waals surface area (Å²) in [5.74, 6) is 0.764. The van der Waals surface area contributed by atoms with E-state index in [0.29, 0.717) is 0 Å². The summed E-state index contributed by atoms with van der Waals surface area (Å²) in [6, 6.07) is 0.426. The van der Waals surface area contributed by atoms with Crippen LogP contribution in [0, 0.1) is 0 Å². The van der Waals surface area contributed by atoms with Crippen LogP contribution in [0.2, 0.25) is 0 Å². The number of methoxy groups -OCH3 is 1. The lowest BCUT2D eigenvalue weighted by Crippen LogP contribution is -2.35. The molecule has 1 aromatic heterocycles. The second-order valence-electron chi connectivity index (χ2n) is 4.25. The molecule has 2 rings (SSSR count). The number of fused-ring (bicyclic) bond motifs is 1. The van der Waals surface area contributed by atoms with E-state index >= 15 is 0 Å². The summed E-state index contributed by atoms with van der Waals surface area (Å²) >= 11 is 0. The van der Waals surface area contributed by atoms with Crippen molar-refractivity contribution >= 4 is 5.97 Å². The number of aryl methyl sites for hydroxylation is 1. The summed E-state index contributed by atoms with van der Waals surface area (Å²) in [7, 11) is 1.39. The van der Waals surface area contributed by atoms with Crippen LogP contribution in [0.5, 0.6) is 0 Å². The maximum Gasteiger partial charge on any atom is 0.311 e. The fourth-order valence-electron chi connectivity index (χ4n) is 2.07. The van der Waals surface area contributed by atoms with Crippen LogP contribution in [0.1, 0.15) is 30.9 Å². The molecule has 5 heteroatoms. The van der Waals surface area contributed by atoms with Gasteiger partial charge in [-0.1, -0.05) is 0 Å². The Morgan fingerprint density at radius 1 is 1.75 bits per heavy atom. The molecule has 88 valence electrons. The second-order valence-corrected chi connectivity index (χ2v) is 4.25. The minimum Gasteiger partial charge on any atom is -0.469 e. The van der Waals surface area contributed by atoms with Gasteiger partial charge in [0.05, 0.1) is 19.2 Å². The number of carbonyl (C=O) groups excluding carboxylic acids is 1. The summed E-state index contributed by atoms with van der Waals surface area (Å²) in [6.07, 6.45) is 3.98. The zero-order valence-corrected chi connectivity index (χ0v) is 9.64. The van der Waals surface area contributed by atoms with Crippen molar-refractivity contribution in [3.05, 3.63) is 17.7 Å². The van der Waals surface area contributed by atoms with Gasteiger partial charge >= 0.3 is 5.97 Å². The van der Waals surface area contributed by atoms with E-state index < -0.39 is 0 Å². The molecule has 0 amide bonds. The van der Waals surface area contributed by atoms with E-state index in [-0.39, 0.29) is 24.5 Å². The Hall–Kier alpha value is -1.36. The molecule has 0 saturated heterocycles. The quantitative estimate of drug-likeness (QED) is 0.738. The van der Waals surface area contributed by atoms with Gasteiger partial charge in [0.15, 0.2) is 0 Å². The van der Waals surface area contributed by atoms with Gasteiger partial charge in [0.2, 0.25) is 0 Å². The van der Waals surface area contributed by atoms with Crippen LogP contribution in [-0.2, 0) is 22.4 Å². The van der Waals surface area contributed by atoms with Crippen molar-refractivity contribution in [2.75, 3.05) is 7.11 Å². The lowest BCUT2D eigenvalue weighted by Gasteiger charge is -2.27. The largest absolute Gasteiger partial charge is 0.469 e. The summed E-state index contributed by atoms with van der Waals surface area (Å²) in [6.45, 7) is 2.08. The van der Waals surface area contributed by atoms with Crippen molar-refractivity contribution in [1.82, 2.24) is 9.55 Å². The molecule has 1 aliphatic rings. The number of nitrogens with zero attached hydrogens (tertiary/aromatic N) is 2. The minimum absolute atomic E-state index is 0.174. The van der Waals surface area contributed by atoms with E-state index in [1.165, 1.54) is 7.11 Å². The number of rotatable bonds is 2. The molecular formula is C11H17N3O2. The first-order chi connectivity index (χ1) is 7.61. The van der Waals surface area contributed by atoms with Gasteiger partial charge in [-0.05, 0) is 13.3 Å². The fourth-order valence-corrected chi connectivity index (χ4v) is 2.07. The van der Waals surface area contributed by atoms with E-state index in [2.05, 4.69) is 21.2 Å². The summed E-state index contributed by atoms with van der Waals surface area (Å²) in [4.78, 5) is 15.6. The third-order valence-electron chi connectivity index (χ3n) is 3.17. The van der Waals surface area contributed by atoms with Gasteiger partial charge in [0, 0.05) is 24.7 Å². The third kappa shape index (κ3) is 1.95. The monoisotopic (exact) mass is 223 g/mol. The van der Waals surface area contributed by atoms with Crippen molar-refractivity contribution in [2.45, 2.75) is 38.3 Å². The molecule has 2 atom stereocenters. The molecule has 0 saturated carbocycles. The maximum atomic E-state index is 11.1. The topological polar surface area (TPSA) is 70.1 Å². The van der Waals surface area contributed by atoms with Crippen molar-refractivity contribution < 1.29 is 9.53 Å². The van der Waals surface area contributed by atoms with Crippen molar-refractivity contribution in [3.8, 4) is 0 Å². The van der Waals surface area contributed by atoms with Crippen molar-refractivity contribution in [2.24, 2.45) is 5.73 Å². The lowest BCUT2D eigenvalue weighted by molar-refractivity contribution is -0.139. The van der Waals surface area contributed by atoms with Crippen LogP contribution in [0.4, 0.5) is 0 Å². The molecule has 2 unspecified atom stereocenters. The molecule has 0 aliphatic carbocycles. The molecule has 2 N–H and O–H groups in total. The smallest absolute Gasteiger partial charge is 0.311 e. The van der Waals surface area contributed by atoms with Crippen molar-refractivity contribution in [1.29, 1.82) is 0 Å². The minimum atomic E-state index is -0.257. The predicted octanol–water partition coefficient (Wildman–Crippen LogP) is 0.433. The standard InChI is InChI=1S/C11H17N3O2/c1-7-9(12)3-4-10-13-8(6-14(7)10)5-11(15)16-2/h6-7,9H,3-5,12H2,1-2H3. The van der Waals surface area contributed by atoms with Crippen LogP contribution in [0.25, 0.3) is 0 Å². The highest BCUT2D eigenvalue weighted by atomic mass is 16.5. The third-order valence-corrected chi connectivity index (χ3v) is 3.17. The first-order valence-corrected chi connectivity index (χ1v) is 5.51. The van der Waals surface area contributed by atoms with Crippen LogP contribution < -0.4 is 5.73 Å². The molecule has 0 fully saturated rings. The highest BCUT2D eigenvalue weighted by Gasteiger charge is 2.24. The van der Waals surface area contributed by atoms with Gasteiger partial charge in [-0.2, -0.15) is 0 Å². The van der Waals surface area contributed by atoms with Crippen LogP contribution >= 0.6 is 0 Å². The van der Waals surface area contributed by atoms with E-state index in [0.717, 1.165) is 24.4 Å². The van der Waals surface area contributed by atoms with E-state index in [4.69, 9.17) is 5.73 Å². The van der Waals surface area contributed by atoms with Crippen LogP contribution in [-0.4, -0.2) is 28.7 Å². The Morgan fingerprint density at radius 2 is 2.50 bits per heavy atom. The molecule has 16 heavy (non-hydrogen) atoms. The fraction of sp³-hybridized carbons (Fsp3) is 0.636. The first kappa shape index (κ1) is 11.1. The number of ether oxygens (including phenoxy) is 1. The second kappa shape index (κ2) is 4.25. The summed E-state index contributed by atoms with van der Waals surface area (Å²) < 4.78 is 6.70. The molecule has 1 aromatic rings. The number of aromatic nitrogens is 2. The summed E-state index contributed by atoms with van der Waals surface area (Å²) in [5, 5.41) is 0. The normalized spacial score (nSPS) is 23.9. The molecule has 0 radical (unpaired) electrons. The van der Waals surface area contributed by atoms with Gasteiger partial charge in [0.1, 0.15) is 5.82 Å². The van der Waals surface area contributed by atoms with E-state index in [1.807, 2.05) is 6.20 Å². The summed E-state index contributed by atoms with van der Waals surface area (Å²) in [5.41, 5.74) is 6.76. The lowest BCUT2D eigenvalue weighted by atomic mass is 10.0.